The Balaban J connectivity index is 1.70. The van der Waals surface area contributed by atoms with Crippen LogP contribution in [0.5, 0.6) is 5.75 Å². The average Bonchev–Trinajstić information content (AvgIpc) is 2.73. The van der Waals surface area contributed by atoms with E-state index in [1.54, 1.807) is 24.3 Å². The maximum Gasteiger partial charge on any atom is 0.357 e. The Hall–Kier alpha value is -3.95. The smallest absolute Gasteiger partial charge is 0.357 e. The highest BCUT2D eigenvalue weighted by Crippen LogP contribution is 2.32. The maximum absolute atomic E-state index is 13.1. The van der Waals surface area contributed by atoms with Crippen molar-refractivity contribution in [3.63, 3.8) is 0 Å². The molecule has 4 rings (SSSR count). The van der Waals surface area contributed by atoms with E-state index in [4.69, 9.17) is 9.29 Å². The van der Waals surface area contributed by atoms with Gasteiger partial charge in [0, 0.05) is 18.2 Å². The molecule has 0 aliphatic rings. The molecule has 3 N–H and O–H groups in total. The van der Waals surface area contributed by atoms with Gasteiger partial charge >= 0.3 is 16.3 Å². The van der Waals surface area contributed by atoms with Crippen LogP contribution in [0.1, 0.15) is 17.3 Å². The van der Waals surface area contributed by atoms with Crippen LogP contribution in [0.15, 0.2) is 72.8 Å². The molecule has 1 amide bonds. The molecule has 0 aliphatic heterocycles. The second-order valence-corrected chi connectivity index (χ2v) is 8.21. The highest BCUT2D eigenvalue weighted by atomic mass is 32.2. The van der Waals surface area contributed by atoms with Crippen LogP contribution in [0.25, 0.3) is 21.5 Å². The molecule has 162 valence electrons. The van der Waals surface area contributed by atoms with Crippen molar-refractivity contribution >= 4 is 55.1 Å². The van der Waals surface area contributed by atoms with E-state index in [-0.39, 0.29) is 11.6 Å². The molecule has 0 fully saturated rings. The Morgan fingerprint density at radius 3 is 2.16 bits per heavy atom. The first-order valence-electron chi connectivity index (χ1n) is 9.50. The van der Waals surface area contributed by atoms with Gasteiger partial charge < -0.3 is 10.1 Å². The van der Waals surface area contributed by atoms with Crippen LogP contribution < -0.4 is 14.8 Å². The molecule has 9 heteroatoms. The van der Waals surface area contributed by atoms with Gasteiger partial charge in [-0.3, -0.25) is 18.9 Å². The average molecular weight is 450 g/mol. The van der Waals surface area contributed by atoms with E-state index >= 15 is 0 Å². The van der Waals surface area contributed by atoms with Crippen molar-refractivity contribution in [2.45, 2.75) is 6.92 Å². The number of benzene rings is 4. The summed E-state index contributed by atoms with van der Waals surface area (Å²) in [6, 6.07) is 20.3. The Kier molecular flexibility index (Phi) is 5.52. The van der Waals surface area contributed by atoms with E-state index < -0.39 is 16.3 Å². The first-order valence-corrected chi connectivity index (χ1v) is 10.9. The monoisotopic (exact) mass is 450 g/mol. The molecule has 0 saturated carbocycles. The predicted molar refractivity (Wildman–Crippen MR) is 122 cm³/mol. The molecule has 8 nitrogen and oxygen atoms in total. The number of fused-ring (bicyclic) bond motifs is 3. The lowest BCUT2D eigenvalue weighted by atomic mass is 9.96. The van der Waals surface area contributed by atoms with Gasteiger partial charge in [0.05, 0.1) is 5.69 Å². The zero-order valence-corrected chi connectivity index (χ0v) is 17.6. The fourth-order valence-electron chi connectivity index (χ4n) is 3.47. The number of anilines is 2. The number of carbonyl (C=O) groups excluding carboxylic acids is 2. The number of amides is 1. The SMILES string of the molecule is CC(=O)Oc1ccc2cc(C(=O)Nc3ccc(NS(=O)(=O)O)cc3)c3ccccc3c2c1. The van der Waals surface area contributed by atoms with E-state index in [2.05, 4.69) is 5.32 Å². The molecule has 0 radical (unpaired) electrons. The van der Waals surface area contributed by atoms with Gasteiger partial charge in [-0.2, -0.15) is 8.42 Å². The van der Waals surface area contributed by atoms with Crippen LogP contribution in [0.3, 0.4) is 0 Å². The molecule has 0 saturated heterocycles. The fourth-order valence-corrected chi connectivity index (χ4v) is 3.90. The minimum Gasteiger partial charge on any atom is -0.427 e. The van der Waals surface area contributed by atoms with Crippen molar-refractivity contribution in [3.05, 3.63) is 78.4 Å². The van der Waals surface area contributed by atoms with Crippen LogP contribution in [0, 0.1) is 0 Å². The minimum atomic E-state index is -4.38. The zero-order chi connectivity index (χ0) is 22.9. The van der Waals surface area contributed by atoms with Gasteiger partial charge in [-0.05, 0) is 64.0 Å². The lowest BCUT2D eigenvalue weighted by Crippen LogP contribution is -2.13. The molecular formula is C23H18N2O6S. The Labute approximate surface area is 183 Å². The number of esters is 1. The summed E-state index contributed by atoms with van der Waals surface area (Å²) in [5.41, 5.74) is 1.06. The van der Waals surface area contributed by atoms with Crippen LogP contribution in [-0.2, 0) is 15.1 Å². The molecule has 4 aromatic rings. The highest BCUT2D eigenvalue weighted by Gasteiger charge is 2.14. The summed E-state index contributed by atoms with van der Waals surface area (Å²) in [4.78, 5) is 24.4. The summed E-state index contributed by atoms with van der Waals surface area (Å²) in [6.45, 7) is 1.33. The minimum absolute atomic E-state index is 0.158. The van der Waals surface area contributed by atoms with E-state index in [9.17, 15) is 18.0 Å². The van der Waals surface area contributed by atoms with E-state index in [1.807, 2.05) is 29.0 Å². The molecule has 4 aromatic carbocycles. The first kappa shape index (κ1) is 21.3. The van der Waals surface area contributed by atoms with E-state index in [0.717, 1.165) is 21.5 Å². The molecule has 0 bridgehead atoms. The van der Waals surface area contributed by atoms with Gasteiger partial charge in [0.25, 0.3) is 5.91 Å². The van der Waals surface area contributed by atoms with E-state index in [0.29, 0.717) is 17.0 Å². The molecule has 0 aromatic heterocycles. The summed E-state index contributed by atoms with van der Waals surface area (Å²) >= 11 is 0. The van der Waals surface area contributed by atoms with Crippen LogP contribution in [-0.4, -0.2) is 24.8 Å². The fraction of sp³-hybridized carbons (Fsp3) is 0.0435. The number of hydrogen-bond donors (Lipinski definition) is 3. The Morgan fingerprint density at radius 2 is 1.50 bits per heavy atom. The quantitative estimate of drug-likeness (QED) is 0.179. The van der Waals surface area contributed by atoms with Gasteiger partial charge in [-0.1, -0.05) is 30.3 Å². The molecular weight excluding hydrogens is 432 g/mol. The molecule has 0 atom stereocenters. The van der Waals surface area contributed by atoms with Crippen molar-refractivity contribution in [1.82, 2.24) is 0 Å². The van der Waals surface area contributed by atoms with Crippen LogP contribution in [0.2, 0.25) is 0 Å². The first-order chi connectivity index (χ1) is 15.2. The van der Waals surface area contributed by atoms with Crippen molar-refractivity contribution in [2.75, 3.05) is 10.0 Å². The summed E-state index contributed by atoms with van der Waals surface area (Å²) in [5.74, 6) is -0.337. The highest BCUT2D eigenvalue weighted by molar-refractivity contribution is 7.87. The second kappa shape index (κ2) is 8.29. The summed E-state index contributed by atoms with van der Waals surface area (Å²) < 4.78 is 37.8. The Bertz CT molecular complexity index is 1460. The number of rotatable bonds is 5. The summed E-state index contributed by atoms with van der Waals surface area (Å²) in [7, 11) is -4.38. The Morgan fingerprint density at radius 1 is 0.844 bits per heavy atom. The van der Waals surface area contributed by atoms with Gasteiger partial charge in [-0.25, -0.2) is 0 Å². The van der Waals surface area contributed by atoms with Crippen molar-refractivity contribution in [3.8, 4) is 5.75 Å². The maximum atomic E-state index is 13.1. The number of hydrogen-bond acceptors (Lipinski definition) is 5. The van der Waals surface area contributed by atoms with Gasteiger partial charge in [0.1, 0.15) is 5.75 Å². The van der Waals surface area contributed by atoms with Crippen molar-refractivity contribution < 1.29 is 27.3 Å². The third-order valence-electron chi connectivity index (χ3n) is 4.73. The van der Waals surface area contributed by atoms with Gasteiger partial charge in [-0.15, -0.1) is 0 Å². The lowest BCUT2D eigenvalue weighted by molar-refractivity contribution is -0.131. The number of ether oxygens (including phenoxy) is 1. The number of nitrogens with one attached hydrogen (secondary N) is 2. The van der Waals surface area contributed by atoms with Gasteiger partial charge in [0.2, 0.25) is 0 Å². The normalized spacial score (nSPS) is 11.3. The summed E-state index contributed by atoms with van der Waals surface area (Å²) in [5, 5.41) is 6.00. The van der Waals surface area contributed by atoms with Gasteiger partial charge in [0.15, 0.2) is 0 Å². The van der Waals surface area contributed by atoms with Crippen molar-refractivity contribution in [2.24, 2.45) is 0 Å². The molecule has 0 aliphatic carbocycles. The largest absolute Gasteiger partial charge is 0.427 e. The molecule has 0 heterocycles. The topological polar surface area (TPSA) is 122 Å². The van der Waals surface area contributed by atoms with Crippen LogP contribution in [0.4, 0.5) is 11.4 Å². The third kappa shape index (κ3) is 4.69. The van der Waals surface area contributed by atoms with Crippen LogP contribution >= 0.6 is 0 Å². The lowest BCUT2D eigenvalue weighted by Gasteiger charge is -2.12. The summed E-state index contributed by atoms with van der Waals surface area (Å²) in [6.07, 6.45) is 0. The molecule has 0 spiro atoms. The molecule has 32 heavy (non-hydrogen) atoms. The van der Waals surface area contributed by atoms with Crippen molar-refractivity contribution in [1.29, 1.82) is 0 Å². The number of carbonyl (C=O) groups is 2. The predicted octanol–water partition coefficient (Wildman–Crippen LogP) is 4.39. The van der Waals surface area contributed by atoms with E-state index in [1.165, 1.54) is 31.2 Å². The second-order valence-electron chi connectivity index (χ2n) is 7.05. The third-order valence-corrected chi connectivity index (χ3v) is 5.22. The molecule has 0 unspecified atom stereocenters. The standard InChI is InChI=1S/C23H18N2O6S/c1-14(26)31-18-11-6-15-12-22(20-5-3-2-4-19(20)21(15)13-18)23(27)24-16-7-9-17(10-8-16)25-32(28,29)30/h2-13,25H,1H3,(H,24,27)(H,28,29,30). The zero-order valence-electron chi connectivity index (χ0n) is 16.8.